The first kappa shape index (κ1) is 58.8. The van der Waals surface area contributed by atoms with Gasteiger partial charge in [0.1, 0.15) is 12.7 Å². The van der Waals surface area contributed by atoms with Gasteiger partial charge in [-0.25, -0.2) is 0 Å². The molecule has 0 saturated carbocycles. The molecule has 1 saturated heterocycles. The van der Waals surface area contributed by atoms with Crippen molar-refractivity contribution in [1.82, 2.24) is 10.2 Å². The van der Waals surface area contributed by atoms with Crippen molar-refractivity contribution in [2.45, 2.75) is 283 Å². The van der Waals surface area contributed by atoms with Gasteiger partial charge < -0.3 is 29.2 Å². The van der Waals surface area contributed by atoms with Crippen LogP contribution in [0.4, 0.5) is 0 Å². The molecule has 1 rings (SSSR count). The van der Waals surface area contributed by atoms with E-state index in [2.05, 4.69) is 19.2 Å². The molecule has 63 heavy (non-hydrogen) atoms. The first-order valence-electron chi connectivity index (χ1n) is 26.8. The number of rotatable bonds is 45. The molecule has 0 aromatic carbocycles. The summed E-state index contributed by atoms with van der Waals surface area (Å²) in [6.07, 6.45) is 39.6. The standard InChI is InChI=1S/C53H100N2O8/c1-6-8-10-12-14-16-18-20-22-24-26-28-30-32-34-36-52(58)62-45-48-42-49(44-55(48)51(57)39-38-50(56)54-43-47(4)61-41-40-46(3)60-5)63-53(59)37-35-33-31-29-27-25-23-21-19-17-15-13-11-9-7-2/h46-49H,6-45H2,1-5H3,(H,54,56)/t46?,47?,48-,49+/m0/s1. The molecule has 1 N–H and O–H groups in total. The van der Waals surface area contributed by atoms with Gasteiger partial charge in [-0.15, -0.1) is 0 Å². The second-order valence-corrected chi connectivity index (χ2v) is 19.0. The summed E-state index contributed by atoms with van der Waals surface area (Å²) in [6, 6.07) is -0.392. The van der Waals surface area contributed by atoms with Gasteiger partial charge in [0.2, 0.25) is 11.8 Å². The second kappa shape index (κ2) is 42.4. The molecule has 0 spiro atoms. The summed E-state index contributed by atoms with van der Waals surface area (Å²) >= 11 is 0. The lowest BCUT2D eigenvalue weighted by atomic mass is 10.0. The topological polar surface area (TPSA) is 120 Å². The monoisotopic (exact) mass is 893 g/mol. The van der Waals surface area contributed by atoms with Crippen LogP contribution < -0.4 is 5.32 Å². The molecule has 10 nitrogen and oxygen atoms in total. The Hall–Kier alpha value is -2.20. The van der Waals surface area contributed by atoms with E-state index >= 15 is 0 Å². The van der Waals surface area contributed by atoms with Gasteiger partial charge in [-0.05, 0) is 33.1 Å². The lowest BCUT2D eigenvalue weighted by Gasteiger charge is -2.24. The van der Waals surface area contributed by atoms with Crippen LogP contribution in [-0.4, -0.2) is 86.4 Å². The van der Waals surface area contributed by atoms with Crippen molar-refractivity contribution in [3.63, 3.8) is 0 Å². The molecule has 0 aromatic heterocycles. The van der Waals surface area contributed by atoms with Gasteiger partial charge in [0.25, 0.3) is 0 Å². The predicted octanol–water partition coefficient (Wildman–Crippen LogP) is 13.3. The number of methoxy groups -OCH3 is 1. The van der Waals surface area contributed by atoms with E-state index in [0.717, 1.165) is 44.9 Å². The summed E-state index contributed by atoms with van der Waals surface area (Å²) in [7, 11) is 1.67. The smallest absolute Gasteiger partial charge is 0.306 e. The maximum absolute atomic E-state index is 13.5. The number of nitrogens with one attached hydrogen (secondary N) is 1. The van der Waals surface area contributed by atoms with Crippen molar-refractivity contribution in [3.8, 4) is 0 Å². The lowest BCUT2D eigenvalue weighted by Crippen LogP contribution is -2.40. The Balaban J connectivity index is 2.41. The van der Waals surface area contributed by atoms with E-state index in [9.17, 15) is 19.2 Å². The maximum Gasteiger partial charge on any atom is 0.306 e. The Bertz CT molecular complexity index is 1100. The fourth-order valence-electron chi connectivity index (χ4n) is 8.53. The molecule has 0 aliphatic carbocycles. The highest BCUT2D eigenvalue weighted by Gasteiger charge is 2.38. The predicted molar refractivity (Wildman–Crippen MR) is 259 cm³/mol. The quantitative estimate of drug-likeness (QED) is 0.0474. The number of esters is 2. The molecule has 2 unspecified atom stereocenters. The van der Waals surface area contributed by atoms with Crippen LogP contribution in [-0.2, 0) is 38.1 Å². The van der Waals surface area contributed by atoms with Crippen molar-refractivity contribution in [1.29, 1.82) is 0 Å². The zero-order valence-electron chi connectivity index (χ0n) is 41.8. The SMILES string of the molecule is CCCCCCCCCCCCCCCCCC(=O)OC[C@@H]1C[C@@H](OC(=O)CCCCCCCCCCCCCCCCC)CN1C(=O)CCC(=O)NCC(C)OCCC(C)OC. The highest BCUT2D eigenvalue weighted by atomic mass is 16.5. The molecule has 0 bridgehead atoms. The molecule has 1 fully saturated rings. The first-order chi connectivity index (χ1) is 30.7. The van der Waals surface area contributed by atoms with Crippen LogP contribution in [0.5, 0.6) is 0 Å². The number of carbonyl (C=O) groups is 4. The van der Waals surface area contributed by atoms with Crippen molar-refractivity contribution < 1.29 is 38.1 Å². The third kappa shape index (κ3) is 35.7. The van der Waals surface area contributed by atoms with Crippen LogP contribution >= 0.6 is 0 Å². The number of carbonyl (C=O) groups excluding carboxylic acids is 4. The van der Waals surface area contributed by atoms with Crippen molar-refractivity contribution in [3.05, 3.63) is 0 Å². The molecule has 2 amide bonds. The van der Waals surface area contributed by atoms with E-state index in [4.69, 9.17) is 18.9 Å². The second-order valence-electron chi connectivity index (χ2n) is 19.0. The largest absolute Gasteiger partial charge is 0.463 e. The number of amides is 2. The highest BCUT2D eigenvalue weighted by Crippen LogP contribution is 2.24. The maximum atomic E-state index is 13.5. The molecule has 1 aliphatic rings. The van der Waals surface area contributed by atoms with Gasteiger partial charge in [0, 0.05) is 52.4 Å². The number of likely N-dealkylation sites (tertiary alicyclic amines) is 1. The van der Waals surface area contributed by atoms with Crippen LogP contribution in [0.1, 0.15) is 259 Å². The van der Waals surface area contributed by atoms with Crippen LogP contribution in [0.3, 0.4) is 0 Å². The van der Waals surface area contributed by atoms with Crippen LogP contribution in [0.2, 0.25) is 0 Å². The van der Waals surface area contributed by atoms with E-state index < -0.39 is 12.1 Å². The van der Waals surface area contributed by atoms with Gasteiger partial charge in [-0.3, -0.25) is 19.2 Å². The molecule has 370 valence electrons. The molecule has 0 radical (unpaired) electrons. The Kier molecular flexibility index (Phi) is 39.6. The fraction of sp³-hybridized carbons (Fsp3) is 0.925. The minimum Gasteiger partial charge on any atom is -0.463 e. The number of unbranched alkanes of at least 4 members (excludes halogenated alkanes) is 28. The normalized spacial score (nSPS) is 16.0. The van der Waals surface area contributed by atoms with Crippen molar-refractivity contribution in [2.24, 2.45) is 0 Å². The summed E-state index contributed by atoms with van der Waals surface area (Å²) < 4.78 is 22.6. The molecular formula is C53H100N2O8. The number of ether oxygens (including phenoxy) is 4. The highest BCUT2D eigenvalue weighted by molar-refractivity contribution is 5.84. The Morgan fingerprint density at radius 1 is 0.556 bits per heavy atom. The van der Waals surface area contributed by atoms with Crippen molar-refractivity contribution >= 4 is 23.8 Å². The van der Waals surface area contributed by atoms with E-state index in [0.29, 0.717) is 32.4 Å². The van der Waals surface area contributed by atoms with Gasteiger partial charge in [0.15, 0.2) is 0 Å². The summed E-state index contributed by atoms with van der Waals surface area (Å²) in [5.41, 5.74) is 0. The zero-order valence-corrected chi connectivity index (χ0v) is 41.8. The minimum atomic E-state index is -0.454. The minimum absolute atomic E-state index is 0.0236. The third-order valence-corrected chi connectivity index (χ3v) is 12.9. The van der Waals surface area contributed by atoms with E-state index in [-0.39, 0.29) is 62.0 Å². The average Bonchev–Trinajstić information content (AvgIpc) is 3.68. The van der Waals surface area contributed by atoms with Gasteiger partial charge in [-0.1, -0.05) is 194 Å². The number of hydrogen-bond acceptors (Lipinski definition) is 8. The fourth-order valence-corrected chi connectivity index (χ4v) is 8.53. The third-order valence-electron chi connectivity index (χ3n) is 12.9. The molecule has 1 heterocycles. The molecule has 0 aromatic rings. The van der Waals surface area contributed by atoms with Crippen LogP contribution in [0, 0.1) is 0 Å². The lowest BCUT2D eigenvalue weighted by molar-refractivity contribution is -0.149. The summed E-state index contributed by atoms with van der Waals surface area (Å²) in [5, 5.41) is 2.87. The van der Waals surface area contributed by atoms with Gasteiger partial charge in [-0.2, -0.15) is 0 Å². The summed E-state index contributed by atoms with van der Waals surface area (Å²) in [5.74, 6) is -0.910. The Morgan fingerprint density at radius 3 is 1.43 bits per heavy atom. The van der Waals surface area contributed by atoms with Gasteiger partial charge >= 0.3 is 11.9 Å². The summed E-state index contributed by atoms with van der Waals surface area (Å²) in [4.78, 5) is 53.5. The molecule has 1 aliphatic heterocycles. The first-order valence-corrected chi connectivity index (χ1v) is 26.8. The van der Waals surface area contributed by atoms with Crippen LogP contribution in [0.15, 0.2) is 0 Å². The molecule has 10 heteroatoms. The Labute approximate surface area is 387 Å². The molecule has 4 atom stereocenters. The van der Waals surface area contributed by atoms with Gasteiger partial charge in [0.05, 0.1) is 24.8 Å². The zero-order chi connectivity index (χ0) is 46.0. The Morgan fingerprint density at radius 2 is 0.984 bits per heavy atom. The van der Waals surface area contributed by atoms with Crippen molar-refractivity contribution in [2.75, 3.05) is 33.4 Å². The van der Waals surface area contributed by atoms with E-state index in [1.165, 1.54) is 154 Å². The summed E-state index contributed by atoms with van der Waals surface area (Å²) in [6.45, 7) is 9.63. The van der Waals surface area contributed by atoms with E-state index in [1.54, 1.807) is 12.0 Å². The number of nitrogens with zero attached hydrogens (tertiary/aromatic N) is 1. The van der Waals surface area contributed by atoms with E-state index in [1.807, 2.05) is 13.8 Å². The number of hydrogen-bond donors (Lipinski definition) is 1. The molecular weight excluding hydrogens is 793 g/mol. The average molecular weight is 893 g/mol. The van der Waals surface area contributed by atoms with Crippen LogP contribution in [0.25, 0.3) is 0 Å².